The average Bonchev–Trinajstić information content (AvgIpc) is 3.11. The van der Waals surface area contributed by atoms with Crippen molar-refractivity contribution in [1.82, 2.24) is 0 Å². The Morgan fingerprint density at radius 1 is 0.375 bits per heavy atom. The smallest absolute Gasteiger partial charge is 0.0622 e. The van der Waals surface area contributed by atoms with Crippen molar-refractivity contribution in [1.29, 1.82) is 0 Å². The predicted molar refractivity (Wildman–Crippen MR) is 173 cm³/mol. The Bertz CT molecular complexity index is 2590. The Hall–Kier alpha value is -5.20. The summed E-state index contributed by atoms with van der Waals surface area (Å²) in [7, 11) is 0. The SMILES string of the molecule is [2H]c1c([2H])c([2H])c2c(-c3ccc4ccccc4c3)c3c([2H])c(-c4cccc5ccccc45)c([2H])c([2H])c3c(-c3ccccc3)c2c1[2H]. The Morgan fingerprint density at radius 3 is 1.85 bits per heavy atom. The van der Waals surface area contributed by atoms with Crippen molar-refractivity contribution < 1.29 is 9.60 Å². The molecule has 0 radical (unpaired) electrons. The quantitative estimate of drug-likeness (QED) is 0.206. The fourth-order valence-electron chi connectivity index (χ4n) is 5.82. The summed E-state index contributed by atoms with van der Waals surface area (Å²) in [6.07, 6.45) is 0. The van der Waals surface area contributed by atoms with Crippen LogP contribution in [0.5, 0.6) is 0 Å². The predicted octanol–water partition coefficient (Wildman–Crippen LogP) is 11.3. The van der Waals surface area contributed by atoms with Crippen LogP contribution in [0, 0.1) is 0 Å². The van der Waals surface area contributed by atoms with Crippen LogP contribution in [0.15, 0.2) is 158 Å². The summed E-state index contributed by atoms with van der Waals surface area (Å²) in [4.78, 5) is 0. The van der Waals surface area contributed by atoms with Crippen molar-refractivity contribution in [3.05, 3.63) is 158 Å². The molecule has 8 aromatic rings. The van der Waals surface area contributed by atoms with Crippen molar-refractivity contribution in [3.8, 4) is 33.4 Å². The Labute approximate surface area is 243 Å². The molecule has 0 N–H and O–H groups in total. The first-order chi connectivity index (χ1) is 22.8. The largest absolute Gasteiger partial charge is 0.0636 e. The molecule has 0 aliphatic carbocycles. The normalized spacial score (nSPS) is 13.9. The van der Waals surface area contributed by atoms with Crippen LogP contribution in [0.25, 0.3) is 76.5 Å². The molecule has 8 rings (SSSR count). The third kappa shape index (κ3) is 3.61. The highest BCUT2D eigenvalue weighted by atomic mass is 14.2. The van der Waals surface area contributed by atoms with Gasteiger partial charge in [0.25, 0.3) is 0 Å². The lowest BCUT2D eigenvalue weighted by molar-refractivity contribution is 1.65. The summed E-state index contributed by atoms with van der Waals surface area (Å²) < 4.78 is 64.7. The Kier molecular flexibility index (Phi) is 3.85. The lowest BCUT2D eigenvalue weighted by Gasteiger charge is -2.19. The van der Waals surface area contributed by atoms with E-state index < -0.39 is 0 Å². The van der Waals surface area contributed by atoms with Crippen molar-refractivity contribution in [2.75, 3.05) is 0 Å². The maximum atomic E-state index is 9.90. The van der Waals surface area contributed by atoms with Crippen molar-refractivity contribution in [3.63, 3.8) is 0 Å². The van der Waals surface area contributed by atoms with Gasteiger partial charge in [-0.15, -0.1) is 0 Å². The maximum Gasteiger partial charge on any atom is 0.0636 e. The minimum atomic E-state index is -0.375. The molecule has 0 atom stereocenters. The molecule has 0 unspecified atom stereocenters. The van der Waals surface area contributed by atoms with Crippen LogP contribution in [-0.2, 0) is 0 Å². The fraction of sp³-hybridized carbons (Fsp3) is 0. The molecule has 186 valence electrons. The number of hydrogen-bond acceptors (Lipinski definition) is 0. The van der Waals surface area contributed by atoms with E-state index in [2.05, 4.69) is 0 Å². The molecule has 0 amide bonds. The molecule has 0 saturated carbocycles. The standard InChI is InChI=1S/C40H26/c1-2-13-29(14-3-1)39-35-18-8-9-19-36(35)40(32-22-21-27-11-4-5-15-30(27)25-32)38-26-31(23-24-37(38)39)34-20-10-16-28-12-6-7-17-33(28)34/h1-26H/i8D,9D,18D,19D,23D,24D,26D. The van der Waals surface area contributed by atoms with Crippen LogP contribution in [0.3, 0.4) is 0 Å². The molecule has 0 nitrogen and oxygen atoms in total. The zero-order chi connectivity index (χ0) is 32.6. The molecule has 0 aromatic heterocycles. The van der Waals surface area contributed by atoms with Crippen LogP contribution < -0.4 is 0 Å². The zero-order valence-electron chi connectivity index (χ0n) is 28.5. The molecule has 0 saturated heterocycles. The van der Waals surface area contributed by atoms with E-state index in [0.29, 0.717) is 44.2 Å². The molecule has 8 aromatic carbocycles. The van der Waals surface area contributed by atoms with E-state index in [1.165, 1.54) is 0 Å². The van der Waals surface area contributed by atoms with Crippen LogP contribution in [0.1, 0.15) is 9.60 Å². The minimum absolute atomic E-state index is 0.0343. The molecule has 0 fully saturated rings. The van der Waals surface area contributed by atoms with Gasteiger partial charge >= 0.3 is 0 Å². The minimum Gasteiger partial charge on any atom is -0.0622 e. The Balaban J connectivity index is 1.69. The van der Waals surface area contributed by atoms with Crippen LogP contribution >= 0.6 is 0 Å². The van der Waals surface area contributed by atoms with Gasteiger partial charge in [0.1, 0.15) is 0 Å². The van der Waals surface area contributed by atoms with Gasteiger partial charge in [0.2, 0.25) is 0 Å². The second kappa shape index (κ2) is 9.22. The van der Waals surface area contributed by atoms with Gasteiger partial charge in [-0.25, -0.2) is 0 Å². The van der Waals surface area contributed by atoms with E-state index >= 15 is 0 Å². The van der Waals surface area contributed by atoms with E-state index in [9.17, 15) is 6.85 Å². The van der Waals surface area contributed by atoms with E-state index in [-0.39, 0.29) is 53.1 Å². The van der Waals surface area contributed by atoms with E-state index in [0.717, 1.165) is 21.5 Å². The number of hydrogen-bond donors (Lipinski definition) is 0. The average molecular weight is 514 g/mol. The number of rotatable bonds is 3. The molecule has 0 bridgehead atoms. The van der Waals surface area contributed by atoms with Crippen molar-refractivity contribution in [2.45, 2.75) is 0 Å². The van der Waals surface area contributed by atoms with Crippen molar-refractivity contribution in [2.24, 2.45) is 0 Å². The molecule has 0 aliphatic rings. The summed E-state index contributed by atoms with van der Waals surface area (Å²) in [5.74, 6) is 0. The monoisotopic (exact) mass is 513 g/mol. The van der Waals surface area contributed by atoms with Gasteiger partial charge in [-0.3, -0.25) is 0 Å². The van der Waals surface area contributed by atoms with Gasteiger partial charge in [0.05, 0.1) is 9.60 Å². The number of fused-ring (bicyclic) bond motifs is 4. The third-order valence-electron chi connectivity index (χ3n) is 7.66. The van der Waals surface area contributed by atoms with Gasteiger partial charge in [-0.1, -0.05) is 145 Å². The third-order valence-corrected chi connectivity index (χ3v) is 7.66. The first-order valence-electron chi connectivity index (χ1n) is 16.8. The van der Waals surface area contributed by atoms with Gasteiger partial charge < -0.3 is 0 Å². The summed E-state index contributed by atoms with van der Waals surface area (Å²) in [5, 5.41) is 4.98. The van der Waals surface area contributed by atoms with E-state index in [1.54, 1.807) is 0 Å². The van der Waals surface area contributed by atoms with Crippen molar-refractivity contribution >= 4 is 43.1 Å². The molecule has 0 heterocycles. The van der Waals surface area contributed by atoms with Gasteiger partial charge in [0, 0.05) is 0 Å². The first kappa shape index (κ1) is 16.7. The van der Waals surface area contributed by atoms with Crippen LogP contribution in [0.2, 0.25) is 0 Å². The van der Waals surface area contributed by atoms with E-state index in [4.69, 9.17) is 2.74 Å². The zero-order valence-corrected chi connectivity index (χ0v) is 21.5. The second-order valence-corrected chi connectivity index (χ2v) is 9.95. The highest BCUT2D eigenvalue weighted by Crippen LogP contribution is 2.45. The summed E-state index contributed by atoms with van der Waals surface area (Å²) >= 11 is 0. The summed E-state index contributed by atoms with van der Waals surface area (Å²) in [6, 6.07) is 35.1. The highest BCUT2D eigenvalue weighted by Gasteiger charge is 2.18. The lowest BCUT2D eigenvalue weighted by Crippen LogP contribution is -1.92. The van der Waals surface area contributed by atoms with Gasteiger partial charge in [-0.2, -0.15) is 0 Å². The van der Waals surface area contributed by atoms with E-state index in [1.807, 2.05) is 115 Å². The highest BCUT2D eigenvalue weighted by molar-refractivity contribution is 6.22. The second-order valence-electron chi connectivity index (χ2n) is 9.95. The molecule has 0 spiro atoms. The summed E-state index contributed by atoms with van der Waals surface area (Å²) in [5.41, 5.74) is 3.14. The fourth-order valence-corrected chi connectivity index (χ4v) is 5.82. The molecule has 40 heavy (non-hydrogen) atoms. The summed E-state index contributed by atoms with van der Waals surface area (Å²) in [6.45, 7) is 0. The molecule has 0 heteroatoms. The molecular formula is C40H26. The molecular weight excluding hydrogens is 480 g/mol. The number of benzene rings is 8. The van der Waals surface area contributed by atoms with Gasteiger partial charge in [-0.05, 0) is 88.6 Å². The first-order valence-corrected chi connectivity index (χ1v) is 13.3. The van der Waals surface area contributed by atoms with Crippen LogP contribution in [-0.4, -0.2) is 0 Å². The lowest BCUT2D eigenvalue weighted by atomic mass is 9.84. The van der Waals surface area contributed by atoms with Crippen LogP contribution in [0.4, 0.5) is 0 Å². The Morgan fingerprint density at radius 2 is 1.02 bits per heavy atom. The van der Waals surface area contributed by atoms with Gasteiger partial charge in [0.15, 0.2) is 0 Å². The maximum absolute atomic E-state index is 9.90. The topological polar surface area (TPSA) is 0 Å². The molecule has 0 aliphatic heterocycles.